The van der Waals surface area contributed by atoms with Crippen LogP contribution in [0.4, 0.5) is 0 Å². The number of sulfonamides is 1. The summed E-state index contributed by atoms with van der Waals surface area (Å²) in [6, 6.07) is 15.0. The summed E-state index contributed by atoms with van der Waals surface area (Å²) >= 11 is 3.42. The molecule has 202 valence electrons. The average Bonchev–Trinajstić information content (AvgIpc) is 2.91. The van der Waals surface area contributed by atoms with E-state index in [9.17, 15) is 13.2 Å². The van der Waals surface area contributed by atoms with Crippen molar-refractivity contribution in [2.75, 3.05) is 33.3 Å². The lowest BCUT2D eigenvalue weighted by Gasteiger charge is -2.35. The van der Waals surface area contributed by atoms with Gasteiger partial charge < -0.3 is 14.4 Å². The summed E-state index contributed by atoms with van der Waals surface area (Å²) in [5.41, 5.74) is 4.95. The van der Waals surface area contributed by atoms with Crippen LogP contribution in [-0.2, 0) is 16.6 Å². The first kappa shape index (κ1) is 28.1. The maximum Gasteiger partial charge on any atom is 0.254 e. The van der Waals surface area contributed by atoms with Crippen molar-refractivity contribution >= 4 is 31.9 Å². The molecule has 0 bridgehead atoms. The first-order chi connectivity index (χ1) is 18.0. The van der Waals surface area contributed by atoms with E-state index in [0.29, 0.717) is 41.7 Å². The third kappa shape index (κ3) is 5.75. The SMILES string of the molecule is COc1cc(C(=O)N2CCN(S(=O)(=O)c3c(C)c(C)cc(C)c3C)CC2)ccc1OCc1ccc(Br)cc1. The molecule has 1 aliphatic heterocycles. The molecule has 1 amide bonds. The number of methoxy groups -OCH3 is 1. The third-order valence-electron chi connectivity index (χ3n) is 7.14. The number of benzene rings is 3. The summed E-state index contributed by atoms with van der Waals surface area (Å²) in [7, 11) is -2.14. The van der Waals surface area contributed by atoms with Gasteiger partial charge in [0, 0.05) is 36.2 Å². The van der Waals surface area contributed by atoms with Crippen molar-refractivity contribution in [2.24, 2.45) is 0 Å². The molecule has 3 aromatic rings. The fourth-order valence-corrected chi connectivity index (χ4v) is 6.93. The van der Waals surface area contributed by atoms with Gasteiger partial charge >= 0.3 is 0 Å². The van der Waals surface area contributed by atoms with Crippen LogP contribution >= 0.6 is 15.9 Å². The van der Waals surface area contributed by atoms with Gasteiger partial charge in [-0.3, -0.25) is 4.79 Å². The summed E-state index contributed by atoms with van der Waals surface area (Å²) in [6.45, 7) is 9.05. The van der Waals surface area contributed by atoms with Crippen LogP contribution in [0.15, 0.2) is 57.9 Å². The molecule has 0 aliphatic carbocycles. The lowest BCUT2D eigenvalue weighted by atomic mass is 10.0. The minimum absolute atomic E-state index is 0.168. The predicted molar refractivity (Wildman–Crippen MR) is 152 cm³/mol. The number of piperazine rings is 1. The zero-order chi connectivity index (χ0) is 27.6. The number of carbonyl (C=O) groups excluding carboxylic acids is 1. The first-order valence-electron chi connectivity index (χ1n) is 12.4. The van der Waals surface area contributed by atoms with Crippen molar-refractivity contribution in [1.29, 1.82) is 0 Å². The molecule has 3 aromatic carbocycles. The van der Waals surface area contributed by atoms with Crippen LogP contribution in [0, 0.1) is 27.7 Å². The zero-order valence-corrected chi connectivity index (χ0v) is 24.8. The summed E-state index contributed by atoms with van der Waals surface area (Å²) in [5.74, 6) is 0.843. The molecule has 0 N–H and O–H groups in total. The minimum atomic E-state index is -3.67. The molecule has 4 rings (SSSR count). The van der Waals surface area contributed by atoms with E-state index >= 15 is 0 Å². The molecule has 1 heterocycles. The number of ether oxygens (including phenoxy) is 2. The van der Waals surface area contributed by atoms with Crippen molar-refractivity contribution in [1.82, 2.24) is 9.21 Å². The number of hydrogen-bond donors (Lipinski definition) is 0. The van der Waals surface area contributed by atoms with Crippen LogP contribution < -0.4 is 9.47 Å². The van der Waals surface area contributed by atoms with E-state index in [2.05, 4.69) is 15.9 Å². The molecule has 0 aromatic heterocycles. The van der Waals surface area contributed by atoms with E-state index < -0.39 is 10.0 Å². The summed E-state index contributed by atoms with van der Waals surface area (Å²) in [6.07, 6.45) is 0. The van der Waals surface area contributed by atoms with Gasteiger partial charge in [0.15, 0.2) is 11.5 Å². The largest absolute Gasteiger partial charge is 0.493 e. The maximum absolute atomic E-state index is 13.6. The fraction of sp³-hybridized carbons (Fsp3) is 0.345. The summed E-state index contributed by atoms with van der Waals surface area (Å²) in [4.78, 5) is 15.3. The second kappa shape index (κ2) is 11.5. The minimum Gasteiger partial charge on any atom is -0.493 e. The molecule has 1 aliphatic rings. The van der Waals surface area contributed by atoms with E-state index in [4.69, 9.17) is 9.47 Å². The van der Waals surface area contributed by atoms with Gasteiger partial charge in [0.05, 0.1) is 12.0 Å². The molecular weight excluding hydrogens is 568 g/mol. The number of aryl methyl sites for hydroxylation is 2. The van der Waals surface area contributed by atoms with Crippen molar-refractivity contribution in [2.45, 2.75) is 39.2 Å². The Bertz CT molecular complexity index is 1420. The molecule has 0 atom stereocenters. The lowest BCUT2D eigenvalue weighted by Crippen LogP contribution is -2.50. The molecule has 0 spiro atoms. The Balaban J connectivity index is 1.44. The lowest BCUT2D eigenvalue weighted by molar-refractivity contribution is 0.0697. The molecule has 1 fully saturated rings. The van der Waals surface area contributed by atoms with Crippen molar-refractivity contribution < 1.29 is 22.7 Å². The highest BCUT2D eigenvalue weighted by Crippen LogP contribution is 2.31. The normalized spacial score (nSPS) is 14.4. The number of amides is 1. The van der Waals surface area contributed by atoms with Crippen LogP contribution in [0.3, 0.4) is 0 Å². The topological polar surface area (TPSA) is 76.2 Å². The highest BCUT2D eigenvalue weighted by atomic mass is 79.9. The quantitative estimate of drug-likeness (QED) is 0.362. The van der Waals surface area contributed by atoms with Gasteiger partial charge in [0.1, 0.15) is 6.61 Å². The van der Waals surface area contributed by atoms with Crippen LogP contribution in [0.1, 0.15) is 38.2 Å². The highest BCUT2D eigenvalue weighted by molar-refractivity contribution is 9.10. The average molecular weight is 602 g/mol. The van der Waals surface area contributed by atoms with Crippen LogP contribution in [0.25, 0.3) is 0 Å². The van der Waals surface area contributed by atoms with E-state index in [1.807, 2.05) is 58.0 Å². The number of halogens is 1. The van der Waals surface area contributed by atoms with Gasteiger partial charge in [-0.25, -0.2) is 8.42 Å². The van der Waals surface area contributed by atoms with E-state index in [1.165, 1.54) is 11.4 Å². The van der Waals surface area contributed by atoms with Gasteiger partial charge in [-0.1, -0.05) is 34.1 Å². The Hall–Kier alpha value is -2.88. The molecule has 0 saturated carbocycles. The second-order valence-electron chi connectivity index (χ2n) is 9.57. The number of hydrogen-bond acceptors (Lipinski definition) is 5. The Labute approximate surface area is 233 Å². The van der Waals surface area contributed by atoms with Crippen molar-refractivity contribution in [3.05, 3.63) is 86.4 Å². The number of rotatable bonds is 7. The van der Waals surface area contributed by atoms with Crippen molar-refractivity contribution in [3.63, 3.8) is 0 Å². The second-order valence-corrected chi connectivity index (χ2v) is 12.4. The smallest absolute Gasteiger partial charge is 0.254 e. The zero-order valence-electron chi connectivity index (χ0n) is 22.4. The maximum atomic E-state index is 13.6. The highest BCUT2D eigenvalue weighted by Gasteiger charge is 2.33. The molecule has 0 unspecified atom stereocenters. The Morgan fingerprint density at radius 3 is 2.05 bits per heavy atom. The predicted octanol–water partition coefficient (Wildman–Crippen LogP) is 5.42. The van der Waals surface area contributed by atoms with E-state index in [1.54, 1.807) is 23.1 Å². The molecule has 9 heteroatoms. The Morgan fingerprint density at radius 1 is 0.868 bits per heavy atom. The Morgan fingerprint density at radius 2 is 1.47 bits per heavy atom. The third-order valence-corrected chi connectivity index (χ3v) is 9.84. The summed E-state index contributed by atoms with van der Waals surface area (Å²) < 4.78 is 41.0. The van der Waals surface area contributed by atoms with E-state index in [-0.39, 0.29) is 19.0 Å². The van der Waals surface area contributed by atoms with Gasteiger partial charge in [-0.15, -0.1) is 0 Å². The molecular formula is C29H33BrN2O5S. The molecule has 1 saturated heterocycles. The van der Waals surface area contributed by atoms with Crippen LogP contribution in [0.5, 0.6) is 11.5 Å². The summed E-state index contributed by atoms with van der Waals surface area (Å²) in [5, 5.41) is 0. The fourth-order valence-electron chi connectivity index (χ4n) is 4.67. The standard InChI is InChI=1S/C29H33BrN2O5S/c1-19-16-20(2)22(4)28(21(19)3)38(34,35)32-14-12-31(13-15-32)29(33)24-8-11-26(27(17-24)36-5)37-18-23-6-9-25(30)10-7-23/h6-11,16-17H,12-15,18H2,1-5H3. The van der Waals surface area contributed by atoms with Crippen LogP contribution in [0.2, 0.25) is 0 Å². The van der Waals surface area contributed by atoms with Crippen LogP contribution in [-0.4, -0.2) is 56.8 Å². The molecule has 7 nitrogen and oxygen atoms in total. The number of carbonyl (C=O) groups is 1. The first-order valence-corrected chi connectivity index (χ1v) is 14.7. The van der Waals surface area contributed by atoms with E-state index in [0.717, 1.165) is 32.3 Å². The van der Waals surface area contributed by atoms with Gasteiger partial charge in [0.2, 0.25) is 10.0 Å². The number of nitrogens with zero attached hydrogens (tertiary/aromatic N) is 2. The Kier molecular flexibility index (Phi) is 8.49. The van der Waals surface area contributed by atoms with Gasteiger partial charge in [-0.05, 0) is 85.8 Å². The molecule has 0 radical (unpaired) electrons. The van der Waals surface area contributed by atoms with Gasteiger partial charge in [0.25, 0.3) is 5.91 Å². The van der Waals surface area contributed by atoms with Gasteiger partial charge in [-0.2, -0.15) is 4.31 Å². The van der Waals surface area contributed by atoms with Crippen molar-refractivity contribution in [3.8, 4) is 11.5 Å². The monoisotopic (exact) mass is 600 g/mol. The molecule has 38 heavy (non-hydrogen) atoms.